The molecule has 5 nitrogen and oxygen atoms in total. The summed E-state index contributed by atoms with van der Waals surface area (Å²) in [6.45, 7) is 0. The van der Waals surface area contributed by atoms with Gasteiger partial charge in [0.15, 0.2) is 0 Å². The number of amides is 1. The van der Waals surface area contributed by atoms with Gasteiger partial charge in [-0.15, -0.1) is 0 Å². The minimum Gasteiger partial charge on any atom is -0.379 e. The summed E-state index contributed by atoms with van der Waals surface area (Å²) in [6.07, 6.45) is 5.14. The van der Waals surface area contributed by atoms with E-state index in [2.05, 4.69) is 5.32 Å². The summed E-state index contributed by atoms with van der Waals surface area (Å²) in [5.74, 6) is 0.246. The van der Waals surface area contributed by atoms with Crippen molar-refractivity contribution in [3.8, 4) is 5.75 Å². The topological polar surface area (TPSA) is 72.5 Å². The lowest BCUT2D eigenvalue weighted by molar-refractivity contribution is -0.116. The summed E-state index contributed by atoms with van der Waals surface area (Å²) in [5, 5.41) is 2.77. The van der Waals surface area contributed by atoms with Crippen molar-refractivity contribution in [2.24, 2.45) is 0 Å². The Bertz CT molecular complexity index is 950. The van der Waals surface area contributed by atoms with Gasteiger partial charge in [-0.25, -0.2) is 0 Å². The second-order valence-electron chi connectivity index (χ2n) is 6.54. The standard InChI is InChI=1S/C19H19NO4S/c21-19-10-6-15-11-16(7-9-18(15)20-19)24-25(22,23)17-8-5-13-3-1-2-4-14(13)12-17/h5,7-9,11-12H,1-4,6,10H2,(H,20,21). The Morgan fingerprint density at radius 3 is 2.48 bits per heavy atom. The second-order valence-corrected chi connectivity index (χ2v) is 8.09. The summed E-state index contributed by atoms with van der Waals surface area (Å²) < 4.78 is 30.6. The molecule has 1 heterocycles. The highest BCUT2D eigenvalue weighted by Gasteiger charge is 2.21. The molecule has 1 N–H and O–H groups in total. The maximum absolute atomic E-state index is 12.6. The van der Waals surface area contributed by atoms with Gasteiger partial charge >= 0.3 is 10.1 Å². The number of aryl methyl sites for hydroxylation is 3. The molecule has 2 aromatic carbocycles. The van der Waals surface area contributed by atoms with E-state index in [-0.39, 0.29) is 16.6 Å². The fourth-order valence-electron chi connectivity index (χ4n) is 3.45. The van der Waals surface area contributed by atoms with Crippen molar-refractivity contribution in [1.29, 1.82) is 0 Å². The van der Waals surface area contributed by atoms with Crippen LogP contribution in [0.5, 0.6) is 5.75 Å². The van der Waals surface area contributed by atoms with Crippen LogP contribution in [0.3, 0.4) is 0 Å². The van der Waals surface area contributed by atoms with Crippen LogP contribution in [0.4, 0.5) is 5.69 Å². The summed E-state index contributed by atoms with van der Waals surface area (Å²) in [4.78, 5) is 11.6. The van der Waals surface area contributed by atoms with E-state index in [0.717, 1.165) is 42.5 Å². The molecule has 1 amide bonds. The molecule has 2 aliphatic rings. The quantitative estimate of drug-likeness (QED) is 0.856. The maximum atomic E-state index is 12.6. The lowest BCUT2D eigenvalue weighted by atomic mass is 9.92. The Hall–Kier alpha value is -2.34. The third-order valence-corrected chi connectivity index (χ3v) is 6.03. The molecule has 0 aromatic heterocycles. The highest BCUT2D eigenvalue weighted by atomic mass is 32.2. The first-order valence-electron chi connectivity index (χ1n) is 8.50. The summed E-state index contributed by atoms with van der Waals surface area (Å²) in [5.41, 5.74) is 3.94. The molecule has 0 spiro atoms. The molecule has 1 aliphatic carbocycles. The van der Waals surface area contributed by atoms with E-state index in [1.165, 1.54) is 5.56 Å². The Balaban J connectivity index is 1.60. The highest BCUT2D eigenvalue weighted by molar-refractivity contribution is 7.87. The van der Waals surface area contributed by atoms with Gasteiger partial charge in [-0.3, -0.25) is 4.79 Å². The fraction of sp³-hybridized carbons (Fsp3) is 0.316. The monoisotopic (exact) mass is 357 g/mol. The molecule has 0 fully saturated rings. The van der Waals surface area contributed by atoms with Gasteiger partial charge in [-0.2, -0.15) is 8.42 Å². The molecular weight excluding hydrogens is 338 g/mol. The van der Waals surface area contributed by atoms with Crippen LogP contribution in [0.15, 0.2) is 41.3 Å². The number of hydrogen-bond donors (Lipinski definition) is 1. The van der Waals surface area contributed by atoms with Crippen LogP contribution in [0.1, 0.15) is 36.0 Å². The molecule has 25 heavy (non-hydrogen) atoms. The summed E-state index contributed by atoms with van der Waals surface area (Å²) >= 11 is 0. The molecule has 130 valence electrons. The predicted molar refractivity (Wildman–Crippen MR) is 94.3 cm³/mol. The first kappa shape index (κ1) is 16.1. The normalized spacial score (nSPS) is 16.6. The number of rotatable bonds is 3. The molecule has 0 saturated carbocycles. The van der Waals surface area contributed by atoms with Crippen LogP contribution in [-0.2, 0) is 34.2 Å². The number of fused-ring (bicyclic) bond motifs is 2. The number of benzene rings is 2. The van der Waals surface area contributed by atoms with E-state index in [1.807, 2.05) is 6.07 Å². The average Bonchev–Trinajstić information content (AvgIpc) is 2.61. The van der Waals surface area contributed by atoms with Gasteiger partial charge in [0.1, 0.15) is 10.6 Å². The number of nitrogens with one attached hydrogen (secondary N) is 1. The van der Waals surface area contributed by atoms with E-state index in [1.54, 1.807) is 30.3 Å². The van der Waals surface area contributed by atoms with Gasteiger partial charge in [-0.05, 0) is 79.1 Å². The van der Waals surface area contributed by atoms with Gasteiger partial charge in [0, 0.05) is 12.1 Å². The summed E-state index contributed by atoms with van der Waals surface area (Å²) in [6, 6.07) is 10.2. The lowest BCUT2D eigenvalue weighted by Crippen LogP contribution is -2.19. The SMILES string of the molecule is O=C1CCc2cc(OS(=O)(=O)c3ccc4c(c3)CCCC4)ccc2N1. The van der Waals surface area contributed by atoms with Crippen molar-refractivity contribution < 1.29 is 17.4 Å². The molecule has 6 heteroatoms. The number of carbonyl (C=O) groups excluding carboxylic acids is 1. The van der Waals surface area contributed by atoms with Crippen molar-refractivity contribution in [1.82, 2.24) is 0 Å². The van der Waals surface area contributed by atoms with Crippen LogP contribution >= 0.6 is 0 Å². The zero-order valence-corrected chi connectivity index (χ0v) is 14.6. The molecule has 0 bridgehead atoms. The minimum atomic E-state index is -3.87. The van der Waals surface area contributed by atoms with Gasteiger partial charge < -0.3 is 9.50 Å². The number of anilines is 1. The predicted octanol–water partition coefficient (Wildman–Crippen LogP) is 3.22. The zero-order chi connectivity index (χ0) is 17.4. The van der Waals surface area contributed by atoms with Crippen molar-refractivity contribution in [3.63, 3.8) is 0 Å². The first-order chi connectivity index (χ1) is 12.0. The first-order valence-corrected chi connectivity index (χ1v) is 9.91. The van der Waals surface area contributed by atoms with E-state index >= 15 is 0 Å². The molecule has 4 rings (SSSR count). The molecule has 0 unspecified atom stereocenters. The molecule has 2 aromatic rings. The zero-order valence-electron chi connectivity index (χ0n) is 13.7. The smallest absolute Gasteiger partial charge is 0.339 e. The molecule has 0 atom stereocenters. The average molecular weight is 357 g/mol. The molecule has 0 saturated heterocycles. The van der Waals surface area contributed by atoms with Crippen LogP contribution in [0, 0.1) is 0 Å². The van der Waals surface area contributed by atoms with Crippen LogP contribution in [0.2, 0.25) is 0 Å². The van der Waals surface area contributed by atoms with E-state index in [0.29, 0.717) is 12.8 Å². The Morgan fingerprint density at radius 1 is 0.840 bits per heavy atom. The fourth-order valence-corrected chi connectivity index (χ4v) is 4.43. The largest absolute Gasteiger partial charge is 0.379 e. The Labute approximate surface area is 147 Å². The third kappa shape index (κ3) is 3.26. The van der Waals surface area contributed by atoms with Gasteiger partial charge in [0.05, 0.1) is 0 Å². The van der Waals surface area contributed by atoms with Gasteiger partial charge in [-0.1, -0.05) is 6.07 Å². The molecular formula is C19H19NO4S. The third-order valence-electron chi connectivity index (χ3n) is 4.79. The lowest BCUT2D eigenvalue weighted by Gasteiger charge is -2.18. The van der Waals surface area contributed by atoms with E-state index in [9.17, 15) is 13.2 Å². The van der Waals surface area contributed by atoms with Crippen molar-refractivity contribution in [2.45, 2.75) is 43.4 Å². The van der Waals surface area contributed by atoms with Crippen molar-refractivity contribution in [3.05, 3.63) is 53.1 Å². The minimum absolute atomic E-state index is 0.0251. The number of hydrogen-bond acceptors (Lipinski definition) is 4. The van der Waals surface area contributed by atoms with Crippen LogP contribution in [0.25, 0.3) is 0 Å². The van der Waals surface area contributed by atoms with E-state index in [4.69, 9.17) is 4.18 Å². The van der Waals surface area contributed by atoms with Gasteiger partial charge in [0.25, 0.3) is 0 Å². The van der Waals surface area contributed by atoms with Crippen molar-refractivity contribution >= 4 is 21.7 Å². The summed E-state index contributed by atoms with van der Waals surface area (Å²) in [7, 11) is -3.87. The maximum Gasteiger partial charge on any atom is 0.339 e. The van der Waals surface area contributed by atoms with Crippen LogP contribution < -0.4 is 9.50 Å². The van der Waals surface area contributed by atoms with Crippen molar-refractivity contribution in [2.75, 3.05) is 5.32 Å². The Kier molecular flexibility index (Phi) is 4.00. The van der Waals surface area contributed by atoms with E-state index < -0.39 is 10.1 Å². The highest BCUT2D eigenvalue weighted by Crippen LogP contribution is 2.29. The molecule has 1 aliphatic heterocycles. The van der Waals surface area contributed by atoms with Gasteiger partial charge in [0.2, 0.25) is 5.91 Å². The molecule has 0 radical (unpaired) electrons. The Morgan fingerprint density at radius 2 is 1.64 bits per heavy atom. The number of carbonyl (C=O) groups is 1. The second kappa shape index (κ2) is 6.19. The van der Waals surface area contributed by atoms with Crippen LogP contribution in [-0.4, -0.2) is 14.3 Å².